The lowest BCUT2D eigenvalue weighted by Crippen LogP contribution is -2.23. The first-order chi connectivity index (χ1) is 8.99. The van der Waals surface area contributed by atoms with Crippen molar-refractivity contribution >= 4 is 15.7 Å². The number of nitrogen functional groups attached to an aromatic ring is 1. The van der Waals surface area contributed by atoms with Gasteiger partial charge in [0.25, 0.3) is 0 Å². The molecule has 0 amide bonds. The minimum absolute atomic E-state index is 0.247. The standard InChI is InChI=1S/C14H16N2O2S/c1-11-4-2-3-5-14(11)19(17,18)16-10-12-6-8-13(15)9-7-12/h2-9,16H,10,15H2,1H3. The summed E-state index contributed by atoms with van der Waals surface area (Å²) in [5.41, 5.74) is 7.83. The maximum absolute atomic E-state index is 12.2. The molecule has 4 nitrogen and oxygen atoms in total. The van der Waals surface area contributed by atoms with Gasteiger partial charge in [-0.05, 0) is 36.2 Å². The number of rotatable bonds is 4. The van der Waals surface area contributed by atoms with E-state index in [1.165, 1.54) is 0 Å². The Balaban J connectivity index is 2.14. The van der Waals surface area contributed by atoms with Crippen molar-refractivity contribution in [1.29, 1.82) is 0 Å². The van der Waals surface area contributed by atoms with Crippen LogP contribution < -0.4 is 10.5 Å². The lowest BCUT2D eigenvalue weighted by atomic mass is 10.2. The second-order valence-electron chi connectivity index (χ2n) is 4.33. The number of hydrogen-bond acceptors (Lipinski definition) is 3. The van der Waals surface area contributed by atoms with E-state index in [-0.39, 0.29) is 6.54 Å². The first-order valence-corrected chi connectivity index (χ1v) is 7.37. The summed E-state index contributed by atoms with van der Waals surface area (Å²) in [6.07, 6.45) is 0. The quantitative estimate of drug-likeness (QED) is 0.840. The van der Waals surface area contributed by atoms with Crippen LogP contribution in [-0.2, 0) is 16.6 Å². The van der Waals surface area contributed by atoms with Gasteiger partial charge in [0.2, 0.25) is 10.0 Å². The van der Waals surface area contributed by atoms with Crippen LogP contribution in [0.25, 0.3) is 0 Å². The van der Waals surface area contributed by atoms with E-state index < -0.39 is 10.0 Å². The predicted octanol–water partition coefficient (Wildman–Crippen LogP) is 2.06. The molecule has 2 aromatic carbocycles. The van der Waals surface area contributed by atoms with E-state index in [9.17, 15) is 8.42 Å². The third-order valence-corrected chi connectivity index (χ3v) is 4.39. The van der Waals surface area contributed by atoms with Crippen molar-refractivity contribution in [2.45, 2.75) is 18.4 Å². The van der Waals surface area contributed by atoms with Gasteiger partial charge >= 0.3 is 0 Å². The third kappa shape index (κ3) is 3.33. The van der Waals surface area contributed by atoms with Gasteiger partial charge in [0.15, 0.2) is 0 Å². The van der Waals surface area contributed by atoms with Crippen LogP contribution in [0.5, 0.6) is 0 Å². The summed E-state index contributed by atoms with van der Waals surface area (Å²) in [5.74, 6) is 0. The highest BCUT2D eigenvalue weighted by Crippen LogP contribution is 2.14. The Morgan fingerprint density at radius 2 is 1.68 bits per heavy atom. The molecule has 2 aromatic rings. The van der Waals surface area contributed by atoms with Gasteiger partial charge in [0.1, 0.15) is 0 Å². The minimum atomic E-state index is -3.48. The molecule has 0 spiro atoms. The average Bonchev–Trinajstić information content (AvgIpc) is 2.38. The van der Waals surface area contributed by atoms with Crippen LogP contribution in [0.1, 0.15) is 11.1 Å². The molecule has 0 aromatic heterocycles. The Morgan fingerprint density at radius 3 is 2.32 bits per heavy atom. The lowest BCUT2D eigenvalue weighted by Gasteiger charge is -2.09. The van der Waals surface area contributed by atoms with Gasteiger partial charge in [0, 0.05) is 12.2 Å². The summed E-state index contributed by atoms with van der Waals surface area (Å²) in [5, 5.41) is 0. The van der Waals surface area contributed by atoms with Crippen LogP contribution in [0, 0.1) is 6.92 Å². The van der Waals surface area contributed by atoms with Crippen LogP contribution in [-0.4, -0.2) is 8.42 Å². The molecular weight excluding hydrogens is 260 g/mol. The highest BCUT2D eigenvalue weighted by atomic mass is 32.2. The molecule has 0 bridgehead atoms. The summed E-state index contributed by atoms with van der Waals surface area (Å²) >= 11 is 0. The van der Waals surface area contributed by atoms with Gasteiger partial charge in [-0.1, -0.05) is 30.3 Å². The summed E-state index contributed by atoms with van der Waals surface area (Å²) in [4.78, 5) is 0.311. The number of nitrogens with two attached hydrogens (primary N) is 1. The van der Waals surface area contributed by atoms with E-state index in [1.807, 2.05) is 6.07 Å². The topological polar surface area (TPSA) is 72.2 Å². The zero-order valence-corrected chi connectivity index (χ0v) is 11.4. The van der Waals surface area contributed by atoms with Crippen LogP contribution >= 0.6 is 0 Å². The molecule has 0 heterocycles. The van der Waals surface area contributed by atoms with Crippen molar-refractivity contribution in [2.24, 2.45) is 0 Å². The Morgan fingerprint density at radius 1 is 1.05 bits per heavy atom. The molecule has 0 aliphatic rings. The van der Waals surface area contributed by atoms with Crippen molar-refractivity contribution in [3.8, 4) is 0 Å². The zero-order chi connectivity index (χ0) is 13.9. The highest BCUT2D eigenvalue weighted by molar-refractivity contribution is 7.89. The van der Waals surface area contributed by atoms with Crippen molar-refractivity contribution in [3.05, 3.63) is 59.7 Å². The number of aryl methyl sites for hydroxylation is 1. The second kappa shape index (κ2) is 5.42. The van der Waals surface area contributed by atoms with Crippen LogP contribution in [0.3, 0.4) is 0 Å². The Labute approximate surface area is 113 Å². The molecule has 0 fully saturated rings. The molecule has 0 atom stereocenters. The zero-order valence-electron chi connectivity index (χ0n) is 10.6. The van der Waals surface area contributed by atoms with E-state index in [2.05, 4.69) is 4.72 Å². The molecular formula is C14H16N2O2S. The lowest BCUT2D eigenvalue weighted by molar-refractivity contribution is 0.580. The van der Waals surface area contributed by atoms with E-state index in [1.54, 1.807) is 49.4 Å². The van der Waals surface area contributed by atoms with Gasteiger partial charge in [-0.2, -0.15) is 0 Å². The number of benzene rings is 2. The SMILES string of the molecule is Cc1ccccc1S(=O)(=O)NCc1ccc(N)cc1. The Kier molecular flexibility index (Phi) is 3.87. The second-order valence-corrected chi connectivity index (χ2v) is 6.07. The fraction of sp³-hybridized carbons (Fsp3) is 0.143. The van der Waals surface area contributed by atoms with E-state index in [0.29, 0.717) is 10.6 Å². The fourth-order valence-corrected chi connectivity index (χ4v) is 3.01. The summed E-state index contributed by atoms with van der Waals surface area (Å²) in [6.45, 7) is 2.02. The van der Waals surface area contributed by atoms with Gasteiger partial charge in [-0.25, -0.2) is 13.1 Å². The minimum Gasteiger partial charge on any atom is -0.399 e. The maximum atomic E-state index is 12.2. The van der Waals surface area contributed by atoms with E-state index >= 15 is 0 Å². The van der Waals surface area contributed by atoms with Crippen LogP contribution in [0.15, 0.2) is 53.4 Å². The first-order valence-electron chi connectivity index (χ1n) is 5.89. The molecule has 0 saturated carbocycles. The van der Waals surface area contributed by atoms with Crippen molar-refractivity contribution < 1.29 is 8.42 Å². The van der Waals surface area contributed by atoms with Crippen molar-refractivity contribution in [1.82, 2.24) is 4.72 Å². The summed E-state index contributed by atoms with van der Waals surface area (Å²) < 4.78 is 26.9. The highest BCUT2D eigenvalue weighted by Gasteiger charge is 2.15. The van der Waals surface area contributed by atoms with Gasteiger partial charge < -0.3 is 5.73 Å². The predicted molar refractivity (Wildman–Crippen MR) is 76.1 cm³/mol. The average molecular weight is 276 g/mol. The maximum Gasteiger partial charge on any atom is 0.241 e. The molecule has 100 valence electrons. The third-order valence-electron chi connectivity index (χ3n) is 2.83. The number of sulfonamides is 1. The molecule has 0 aliphatic heterocycles. The largest absolute Gasteiger partial charge is 0.399 e. The van der Waals surface area contributed by atoms with Gasteiger partial charge in [-0.3, -0.25) is 0 Å². The van der Waals surface area contributed by atoms with E-state index in [4.69, 9.17) is 5.73 Å². The van der Waals surface area contributed by atoms with Gasteiger partial charge in [-0.15, -0.1) is 0 Å². The van der Waals surface area contributed by atoms with Crippen molar-refractivity contribution in [3.63, 3.8) is 0 Å². The molecule has 2 rings (SSSR count). The molecule has 0 saturated heterocycles. The molecule has 0 aliphatic carbocycles. The monoisotopic (exact) mass is 276 g/mol. The molecule has 0 radical (unpaired) electrons. The fourth-order valence-electron chi connectivity index (χ4n) is 1.75. The number of anilines is 1. The smallest absolute Gasteiger partial charge is 0.241 e. The normalized spacial score (nSPS) is 11.4. The first kappa shape index (κ1) is 13.6. The number of hydrogen-bond donors (Lipinski definition) is 2. The van der Waals surface area contributed by atoms with Crippen molar-refractivity contribution in [2.75, 3.05) is 5.73 Å². The van der Waals surface area contributed by atoms with Gasteiger partial charge in [0.05, 0.1) is 4.90 Å². The Hall–Kier alpha value is -1.85. The van der Waals surface area contributed by atoms with Crippen LogP contribution in [0.2, 0.25) is 0 Å². The molecule has 0 unspecified atom stereocenters. The molecule has 19 heavy (non-hydrogen) atoms. The Bertz CT molecular complexity index is 664. The summed E-state index contributed by atoms with van der Waals surface area (Å²) in [6, 6.07) is 14.0. The van der Waals surface area contributed by atoms with Crippen LogP contribution in [0.4, 0.5) is 5.69 Å². The molecule has 3 N–H and O–H groups in total. The summed E-state index contributed by atoms with van der Waals surface area (Å²) in [7, 11) is -3.48. The molecule has 5 heteroatoms. The number of nitrogens with one attached hydrogen (secondary N) is 1. The van der Waals surface area contributed by atoms with E-state index in [0.717, 1.165) is 11.1 Å².